The summed E-state index contributed by atoms with van der Waals surface area (Å²) in [6.07, 6.45) is 0.743. The standard InChI is InChI=1S/C23H16N4O4S2/c28-27(29)16-6-3-14(4-7-16)18-12-33-23(24-18)26-19(11-17(25-26)22-2-1-9-32-22)15-5-8-20-21(10-15)31-13-30-20/h1-10,12,19H,11,13H2/t19-/m1/s1. The van der Waals surface area contributed by atoms with E-state index in [4.69, 9.17) is 19.6 Å². The highest BCUT2D eigenvalue weighted by molar-refractivity contribution is 7.14. The molecule has 164 valence electrons. The van der Waals surface area contributed by atoms with Crippen LogP contribution in [0.1, 0.15) is 22.9 Å². The average molecular weight is 477 g/mol. The van der Waals surface area contributed by atoms with Crippen molar-refractivity contribution in [2.45, 2.75) is 12.5 Å². The lowest BCUT2D eigenvalue weighted by Crippen LogP contribution is -2.18. The summed E-state index contributed by atoms with van der Waals surface area (Å²) in [6.45, 7) is 0.231. The summed E-state index contributed by atoms with van der Waals surface area (Å²) in [7, 11) is 0. The molecular weight excluding hydrogens is 460 g/mol. The van der Waals surface area contributed by atoms with Crippen molar-refractivity contribution in [2.24, 2.45) is 5.10 Å². The van der Waals surface area contributed by atoms with E-state index in [-0.39, 0.29) is 18.5 Å². The normalized spacial score (nSPS) is 16.8. The summed E-state index contributed by atoms with van der Waals surface area (Å²) < 4.78 is 11.1. The monoisotopic (exact) mass is 476 g/mol. The third-order valence-electron chi connectivity index (χ3n) is 5.56. The number of rotatable bonds is 5. The number of hydrazone groups is 1. The second-order valence-corrected chi connectivity index (χ2v) is 9.30. The fourth-order valence-electron chi connectivity index (χ4n) is 3.91. The van der Waals surface area contributed by atoms with E-state index in [9.17, 15) is 10.1 Å². The van der Waals surface area contributed by atoms with Gasteiger partial charge in [-0.3, -0.25) is 10.1 Å². The highest BCUT2D eigenvalue weighted by Gasteiger charge is 2.33. The van der Waals surface area contributed by atoms with Gasteiger partial charge < -0.3 is 9.47 Å². The maximum Gasteiger partial charge on any atom is 0.269 e. The third kappa shape index (κ3) is 3.62. The minimum absolute atomic E-state index is 0.0348. The molecule has 0 saturated heterocycles. The summed E-state index contributed by atoms with van der Waals surface area (Å²) in [5.41, 5.74) is 3.72. The van der Waals surface area contributed by atoms with Crippen LogP contribution in [0.15, 0.2) is 70.5 Å². The highest BCUT2D eigenvalue weighted by atomic mass is 32.1. The van der Waals surface area contributed by atoms with Crippen molar-refractivity contribution < 1.29 is 14.4 Å². The SMILES string of the molecule is O=[N+]([O-])c1ccc(-c2csc(N3N=C(c4cccs4)C[C@@H]3c3ccc4c(c3)OCO4)n2)cc1. The number of nitro groups is 1. The van der Waals surface area contributed by atoms with Crippen molar-refractivity contribution in [3.8, 4) is 22.8 Å². The van der Waals surface area contributed by atoms with Gasteiger partial charge in [-0.05, 0) is 41.3 Å². The van der Waals surface area contributed by atoms with E-state index in [2.05, 4.69) is 6.07 Å². The van der Waals surface area contributed by atoms with Crippen LogP contribution in [0.4, 0.5) is 10.8 Å². The summed E-state index contributed by atoms with van der Waals surface area (Å²) in [4.78, 5) is 16.5. The average Bonchev–Trinajstić information content (AvgIpc) is 3.63. The van der Waals surface area contributed by atoms with Crippen molar-refractivity contribution in [1.82, 2.24) is 4.98 Å². The minimum atomic E-state index is -0.405. The molecular formula is C23H16N4O4S2. The molecule has 2 aromatic carbocycles. The van der Waals surface area contributed by atoms with Gasteiger partial charge in [0.25, 0.3) is 5.69 Å². The molecule has 4 heterocycles. The molecule has 0 spiro atoms. The van der Waals surface area contributed by atoms with Gasteiger partial charge in [0.15, 0.2) is 11.5 Å². The van der Waals surface area contributed by atoms with E-state index in [1.807, 2.05) is 40.0 Å². The van der Waals surface area contributed by atoms with Crippen molar-refractivity contribution in [3.05, 3.63) is 85.9 Å². The quantitative estimate of drug-likeness (QED) is 0.265. The number of hydrogen-bond acceptors (Lipinski definition) is 9. The van der Waals surface area contributed by atoms with Crippen LogP contribution in [0.2, 0.25) is 0 Å². The van der Waals surface area contributed by atoms with Gasteiger partial charge in [-0.15, -0.1) is 22.7 Å². The number of hydrogen-bond donors (Lipinski definition) is 0. The predicted molar refractivity (Wildman–Crippen MR) is 127 cm³/mol. The lowest BCUT2D eigenvalue weighted by molar-refractivity contribution is -0.384. The molecule has 0 saturated carbocycles. The van der Waals surface area contributed by atoms with E-state index in [1.165, 1.54) is 23.5 Å². The third-order valence-corrected chi connectivity index (χ3v) is 7.31. The number of thiazole rings is 1. The summed E-state index contributed by atoms with van der Waals surface area (Å²) in [5.74, 6) is 1.49. The van der Waals surface area contributed by atoms with E-state index in [0.29, 0.717) is 0 Å². The number of non-ortho nitro benzene ring substituents is 1. The molecule has 8 nitrogen and oxygen atoms in total. The van der Waals surface area contributed by atoms with Crippen LogP contribution in [0, 0.1) is 10.1 Å². The Kier molecular flexibility index (Phi) is 4.81. The second kappa shape index (κ2) is 7.98. The minimum Gasteiger partial charge on any atom is -0.454 e. The molecule has 4 aromatic rings. The summed E-state index contributed by atoms with van der Waals surface area (Å²) in [5, 5.41) is 22.6. The van der Waals surface area contributed by atoms with Crippen LogP contribution in [0.5, 0.6) is 11.5 Å². The Morgan fingerprint density at radius 2 is 1.91 bits per heavy atom. The first-order valence-corrected chi connectivity index (χ1v) is 11.9. The van der Waals surface area contributed by atoms with Crippen LogP contribution in [0.25, 0.3) is 11.3 Å². The van der Waals surface area contributed by atoms with Gasteiger partial charge in [0.05, 0.1) is 27.2 Å². The largest absolute Gasteiger partial charge is 0.454 e. The first kappa shape index (κ1) is 19.9. The topological polar surface area (TPSA) is 90.1 Å². The number of nitrogens with zero attached hydrogens (tertiary/aromatic N) is 4. The maximum atomic E-state index is 11.0. The number of anilines is 1. The fraction of sp³-hybridized carbons (Fsp3) is 0.130. The number of nitro benzene ring substituents is 1. The number of thiophene rings is 1. The number of benzene rings is 2. The van der Waals surface area contributed by atoms with Crippen LogP contribution in [-0.2, 0) is 0 Å². The predicted octanol–water partition coefficient (Wildman–Crippen LogP) is 5.86. The van der Waals surface area contributed by atoms with Crippen LogP contribution in [0.3, 0.4) is 0 Å². The Morgan fingerprint density at radius 1 is 1.06 bits per heavy atom. The Labute approximate surface area is 196 Å². The lowest BCUT2D eigenvalue weighted by atomic mass is 10.0. The highest BCUT2D eigenvalue weighted by Crippen LogP contribution is 2.42. The van der Waals surface area contributed by atoms with Gasteiger partial charge in [-0.2, -0.15) is 5.10 Å². The molecule has 0 unspecified atom stereocenters. The van der Waals surface area contributed by atoms with E-state index >= 15 is 0 Å². The molecule has 2 aliphatic rings. The zero-order valence-corrected chi connectivity index (χ0v) is 18.7. The van der Waals surface area contributed by atoms with E-state index in [0.717, 1.165) is 50.5 Å². The molecule has 0 bridgehead atoms. The molecule has 0 fully saturated rings. The van der Waals surface area contributed by atoms with Gasteiger partial charge >= 0.3 is 0 Å². The molecule has 0 N–H and O–H groups in total. The number of fused-ring (bicyclic) bond motifs is 1. The van der Waals surface area contributed by atoms with Gasteiger partial charge in [-0.1, -0.05) is 12.1 Å². The number of aromatic nitrogens is 1. The van der Waals surface area contributed by atoms with Crippen molar-refractivity contribution >= 4 is 39.2 Å². The Balaban J connectivity index is 1.36. The molecule has 0 aliphatic carbocycles. The van der Waals surface area contributed by atoms with Gasteiger partial charge in [0.2, 0.25) is 11.9 Å². The van der Waals surface area contributed by atoms with Gasteiger partial charge in [0, 0.05) is 29.5 Å². The van der Waals surface area contributed by atoms with Crippen LogP contribution < -0.4 is 14.5 Å². The molecule has 1 atom stereocenters. The lowest BCUT2D eigenvalue weighted by Gasteiger charge is -2.21. The number of ether oxygens (including phenoxy) is 2. The molecule has 10 heteroatoms. The molecule has 0 radical (unpaired) electrons. The zero-order valence-electron chi connectivity index (χ0n) is 17.1. The van der Waals surface area contributed by atoms with Gasteiger partial charge in [-0.25, -0.2) is 9.99 Å². The summed E-state index contributed by atoms with van der Waals surface area (Å²) >= 11 is 3.16. The first-order chi connectivity index (χ1) is 16.2. The van der Waals surface area contributed by atoms with Crippen molar-refractivity contribution in [3.63, 3.8) is 0 Å². The zero-order chi connectivity index (χ0) is 22.4. The summed E-state index contributed by atoms with van der Waals surface area (Å²) in [6, 6.07) is 16.5. The Bertz CT molecular complexity index is 1370. The van der Waals surface area contributed by atoms with E-state index in [1.54, 1.807) is 23.5 Å². The van der Waals surface area contributed by atoms with Crippen molar-refractivity contribution in [2.75, 3.05) is 11.8 Å². The maximum absolute atomic E-state index is 11.0. The van der Waals surface area contributed by atoms with Crippen LogP contribution in [-0.4, -0.2) is 22.4 Å². The Morgan fingerprint density at radius 3 is 2.70 bits per heavy atom. The molecule has 33 heavy (non-hydrogen) atoms. The molecule has 2 aromatic heterocycles. The van der Waals surface area contributed by atoms with Crippen LogP contribution >= 0.6 is 22.7 Å². The second-order valence-electron chi connectivity index (χ2n) is 7.52. The molecule has 6 rings (SSSR count). The smallest absolute Gasteiger partial charge is 0.269 e. The van der Waals surface area contributed by atoms with Gasteiger partial charge in [0.1, 0.15) is 0 Å². The first-order valence-electron chi connectivity index (χ1n) is 10.2. The fourth-order valence-corrected chi connectivity index (χ4v) is 5.47. The molecule has 0 amide bonds. The molecule has 2 aliphatic heterocycles. The van der Waals surface area contributed by atoms with Crippen molar-refractivity contribution in [1.29, 1.82) is 0 Å². The Hall–Kier alpha value is -3.76. The van der Waals surface area contributed by atoms with E-state index < -0.39 is 4.92 Å².